The summed E-state index contributed by atoms with van der Waals surface area (Å²) >= 11 is 0. The molecule has 2 heterocycles. The van der Waals surface area contributed by atoms with Crippen LogP contribution in [0.3, 0.4) is 0 Å². The molecule has 0 saturated carbocycles. The van der Waals surface area contributed by atoms with Crippen LogP contribution in [0.5, 0.6) is 0 Å². The predicted octanol–water partition coefficient (Wildman–Crippen LogP) is 2.73. The van der Waals surface area contributed by atoms with E-state index in [1.807, 2.05) is 0 Å². The van der Waals surface area contributed by atoms with Gasteiger partial charge in [-0.1, -0.05) is 18.2 Å². The van der Waals surface area contributed by atoms with Crippen LogP contribution >= 0.6 is 0 Å². The molecule has 3 heteroatoms. The van der Waals surface area contributed by atoms with Gasteiger partial charge in [0.1, 0.15) is 0 Å². The molecule has 0 unspecified atom stereocenters. The first-order chi connectivity index (χ1) is 9.83. The molecular weight excluding hydrogens is 246 g/mol. The lowest BCUT2D eigenvalue weighted by molar-refractivity contribution is 0.336. The number of hydrogen-bond donors (Lipinski definition) is 1. The number of nitrogens with zero attached hydrogens (tertiary/aromatic N) is 2. The van der Waals surface area contributed by atoms with Crippen molar-refractivity contribution >= 4 is 10.9 Å². The van der Waals surface area contributed by atoms with E-state index >= 15 is 0 Å². The van der Waals surface area contributed by atoms with Crippen molar-refractivity contribution in [2.45, 2.75) is 26.3 Å². The van der Waals surface area contributed by atoms with E-state index in [-0.39, 0.29) is 0 Å². The largest absolute Gasteiger partial charge is 0.311 e. The van der Waals surface area contributed by atoms with E-state index in [1.54, 1.807) is 0 Å². The maximum atomic E-state index is 4.59. The SMILES string of the molecule is Cc1cc(CNCCN2CCCC2)c2ccccc2n1. The summed E-state index contributed by atoms with van der Waals surface area (Å²) in [7, 11) is 0. The minimum Gasteiger partial charge on any atom is -0.311 e. The predicted molar refractivity (Wildman–Crippen MR) is 83.9 cm³/mol. The standard InChI is InChI=1S/C17H23N3/c1-14-12-15(16-6-2-3-7-17(16)19-14)13-18-8-11-20-9-4-5-10-20/h2-3,6-7,12,18H,4-5,8-11,13H2,1H3. The third-order valence-corrected chi connectivity index (χ3v) is 4.05. The van der Waals surface area contributed by atoms with Gasteiger partial charge in [-0.3, -0.25) is 4.98 Å². The third-order valence-electron chi connectivity index (χ3n) is 4.05. The molecule has 0 atom stereocenters. The van der Waals surface area contributed by atoms with E-state index in [0.29, 0.717) is 0 Å². The highest BCUT2D eigenvalue weighted by Gasteiger charge is 2.10. The molecular formula is C17H23N3. The van der Waals surface area contributed by atoms with Gasteiger partial charge in [0.25, 0.3) is 0 Å². The average Bonchev–Trinajstić information content (AvgIpc) is 2.96. The molecule has 0 radical (unpaired) electrons. The molecule has 3 rings (SSSR count). The number of pyridine rings is 1. The second-order valence-corrected chi connectivity index (χ2v) is 5.67. The molecule has 0 bridgehead atoms. The Hall–Kier alpha value is -1.45. The van der Waals surface area contributed by atoms with Crippen LogP contribution in [0.4, 0.5) is 0 Å². The van der Waals surface area contributed by atoms with E-state index < -0.39 is 0 Å². The van der Waals surface area contributed by atoms with Crippen LogP contribution in [0, 0.1) is 6.92 Å². The zero-order valence-corrected chi connectivity index (χ0v) is 12.2. The monoisotopic (exact) mass is 269 g/mol. The topological polar surface area (TPSA) is 28.2 Å². The summed E-state index contributed by atoms with van der Waals surface area (Å²) in [5.74, 6) is 0. The van der Waals surface area contributed by atoms with E-state index in [2.05, 4.69) is 52.5 Å². The molecule has 1 aliphatic rings. The number of para-hydroxylation sites is 1. The molecule has 1 aliphatic heterocycles. The fourth-order valence-electron chi connectivity index (χ4n) is 3.01. The lowest BCUT2D eigenvalue weighted by atomic mass is 10.1. The first-order valence-corrected chi connectivity index (χ1v) is 7.61. The molecule has 0 amide bonds. The number of nitrogens with one attached hydrogen (secondary N) is 1. The third kappa shape index (κ3) is 3.17. The second kappa shape index (κ2) is 6.33. The van der Waals surface area contributed by atoms with Crippen molar-refractivity contribution in [3.63, 3.8) is 0 Å². The van der Waals surface area contributed by atoms with Crippen molar-refractivity contribution in [1.82, 2.24) is 15.2 Å². The van der Waals surface area contributed by atoms with Gasteiger partial charge >= 0.3 is 0 Å². The van der Waals surface area contributed by atoms with Gasteiger partial charge in [0.05, 0.1) is 5.52 Å². The highest BCUT2D eigenvalue weighted by molar-refractivity contribution is 5.82. The molecule has 20 heavy (non-hydrogen) atoms. The maximum Gasteiger partial charge on any atom is 0.0708 e. The summed E-state index contributed by atoms with van der Waals surface area (Å²) in [6.45, 7) is 7.79. The van der Waals surface area contributed by atoms with Crippen molar-refractivity contribution < 1.29 is 0 Å². The summed E-state index contributed by atoms with van der Waals surface area (Å²) in [4.78, 5) is 7.14. The van der Waals surface area contributed by atoms with Gasteiger partial charge in [-0.25, -0.2) is 0 Å². The Morgan fingerprint density at radius 3 is 2.85 bits per heavy atom. The van der Waals surface area contributed by atoms with Crippen LogP contribution in [0.15, 0.2) is 30.3 Å². The summed E-state index contributed by atoms with van der Waals surface area (Å²) in [6, 6.07) is 10.6. The molecule has 1 aromatic carbocycles. The minimum absolute atomic E-state index is 0.928. The van der Waals surface area contributed by atoms with Gasteiger partial charge in [0, 0.05) is 30.7 Å². The lowest BCUT2D eigenvalue weighted by Crippen LogP contribution is -2.29. The molecule has 1 N–H and O–H groups in total. The second-order valence-electron chi connectivity index (χ2n) is 5.67. The summed E-state index contributed by atoms with van der Waals surface area (Å²) in [6.07, 6.45) is 2.74. The van der Waals surface area contributed by atoms with Gasteiger partial charge in [-0.15, -0.1) is 0 Å². The number of rotatable bonds is 5. The number of benzene rings is 1. The van der Waals surface area contributed by atoms with Crippen LogP contribution in [-0.4, -0.2) is 36.1 Å². The van der Waals surface area contributed by atoms with E-state index in [9.17, 15) is 0 Å². The smallest absolute Gasteiger partial charge is 0.0708 e. The Labute approximate surface area is 121 Å². The van der Waals surface area contributed by atoms with Crippen LogP contribution in [0.1, 0.15) is 24.1 Å². The van der Waals surface area contributed by atoms with Crippen LogP contribution in [0.25, 0.3) is 10.9 Å². The Balaban J connectivity index is 1.61. The molecule has 1 aromatic heterocycles. The Morgan fingerprint density at radius 2 is 2.00 bits per heavy atom. The van der Waals surface area contributed by atoms with Crippen LogP contribution in [0.2, 0.25) is 0 Å². The summed E-state index contributed by atoms with van der Waals surface area (Å²) < 4.78 is 0. The normalized spacial score (nSPS) is 16.1. The van der Waals surface area contributed by atoms with Gasteiger partial charge in [0.2, 0.25) is 0 Å². The van der Waals surface area contributed by atoms with E-state index in [0.717, 1.165) is 24.3 Å². The zero-order chi connectivity index (χ0) is 13.8. The number of aryl methyl sites for hydroxylation is 1. The van der Waals surface area contributed by atoms with Crippen molar-refractivity contribution in [3.05, 3.63) is 41.6 Å². The fraction of sp³-hybridized carbons (Fsp3) is 0.471. The van der Waals surface area contributed by atoms with Crippen molar-refractivity contribution in [2.24, 2.45) is 0 Å². The van der Waals surface area contributed by atoms with Gasteiger partial charge in [-0.2, -0.15) is 0 Å². The first-order valence-electron chi connectivity index (χ1n) is 7.61. The Morgan fingerprint density at radius 1 is 1.20 bits per heavy atom. The van der Waals surface area contributed by atoms with Crippen molar-refractivity contribution in [3.8, 4) is 0 Å². The minimum atomic E-state index is 0.928. The van der Waals surface area contributed by atoms with Crippen molar-refractivity contribution in [2.75, 3.05) is 26.2 Å². The molecule has 2 aromatic rings. The zero-order valence-electron chi connectivity index (χ0n) is 12.2. The first kappa shape index (κ1) is 13.5. The van der Waals surface area contributed by atoms with Crippen LogP contribution in [-0.2, 0) is 6.54 Å². The van der Waals surface area contributed by atoms with E-state index in [1.165, 1.54) is 43.4 Å². The number of hydrogen-bond acceptors (Lipinski definition) is 3. The molecule has 106 valence electrons. The molecule has 3 nitrogen and oxygen atoms in total. The molecule has 1 saturated heterocycles. The quantitative estimate of drug-likeness (QED) is 0.846. The maximum absolute atomic E-state index is 4.59. The Kier molecular flexibility index (Phi) is 4.28. The summed E-state index contributed by atoms with van der Waals surface area (Å²) in [5.41, 5.74) is 3.55. The highest BCUT2D eigenvalue weighted by atomic mass is 15.1. The van der Waals surface area contributed by atoms with Crippen LogP contribution < -0.4 is 5.32 Å². The molecule has 0 aliphatic carbocycles. The van der Waals surface area contributed by atoms with E-state index in [4.69, 9.17) is 0 Å². The number of fused-ring (bicyclic) bond motifs is 1. The van der Waals surface area contributed by atoms with Gasteiger partial charge in [-0.05, 0) is 50.6 Å². The summed E-state index contributed by atoms with van der Waals surface area (Å²) in [5, 5.41) is 4.85. The highest BCUT2D eigenvalue weighted by Crippen LogP contribution is 2.17. The Bertz CT molecular complexity index is 573. The number of likely N-dealkylation sites (tertiary alicyclic amines) is 1. The molecule has 1 fully saturated rings. The van der Waals surface area contributed by atoms with Gasteiger partial charge in [0.15, 0.2) is 0 Å². The lowest BCUT2D eigenvalue weighted by Gasteiger charge is -2.15. The average molecular weight is 269 g/mol. The fourth-order valence-corrected chi connectivity index (χ4v) is 3.01. The number of aromatic nitrogens is 1. The van der Waals surface area contributed by atoms with Gasteiger partial charge < -0.3 is 10.2 Å². The van der Waals surface area contributed by atoms with Crippen molar-refractivity contribution in [1.29, 1.82) is 0 Å². The molecule has 0 spiro atoms.